The van der Waals surface area contributed by atoms with Crippen LogP contribution in [0.4, 0.5) is 0 Å². The molecule has 0 N–H and O–H groups in total. The van der Waals surface area contributed by atoms with Gasteiger partial charge in [0.15, 0.2) is 0 Å². The summed E-state index contributed by atoms with van der Waals surface area (Å²) < 4.78 is 7.50. The van der Waals surface area contributed by atoms with Gasteiger partial charge in [0.2, 0.25) is 0 Å². The van der Waals surface area contributed by atoms with Gasteiger partial charge in [-0.05, 0) is 25.7 Å². The molecule has 17 heavy (non-hydrogen) atoms. The Morgan fingerprint density at radius 1 is 1.35 bits per heavy atom. The predicted octanol–water partition coefficient (Wildman–Crippen LogP) is 3.48. The van der Waals surface area contributed by atoms with Crippen LogP contribution in [0.5, 0.6) is 0 Å². The second-order valence-corrected chi connectivity index (χ2v) is 5.36. The molecule has 0 aromatic carbocycles. The van der Waals surface area contributed by atoms with Gasteiger partial charge in [-0.3, -0.25) is 4.68 Å². The number of aryl methyl sites for hydroxylation is 2. The molecule has 0 saturated heterocycles. The molecule has 0 spiro atoms. The molecule has 96 valence electrons. The van der Waals surface area contributed by atoms with Crippen LogP contribution in [-0.2, 0) is 18.4 Å². The first-order valence-corrected chi connectivity index (χ1v) is 6.82. The van der Waals surface area contributed by atoms with E-state index in [1.54, 1.807) is 4.68 Å². The van der Waals surface area contributed by atoms with Crippen LogP contribution in [0.25, 0.3) is 0 Å². The molecular weight excluding hydrogens is 236 g/mol. The number of aromatic nitrogens is 2. The average molecular weight is 257 g/mol. The van der Waals surface area contributed by atoms with Gasteiger partial charge in [-0.15, -0.1) is 0 Å². The first-order valence-electron chi connectivity index (χ1n) is 6.44. The third-order valence-corrected chi connectivity index (χ3v) is 4.07. The van der Waals surface area contributed by atoms with E-state index in [1.807, 2.05) is 14.0 Å². The molecule has 0 radical (unpaired) electrons. The molecule has 3 nitrogen and oxygen atoms in total. The molecule has 0 bridgehead atoms. The van der Waals surface area contributed by atoms with Crippen molar-refractivity contribution in [1.29, 1.82) is 0 Å². The minimum Gasteiger partial charge on any atom is -0.376 e. The lowest BCUT2D eigenvalue weighted by Gasteiger charge is -2.21. The highest BCUT2D eigenvalue weighted by Crippen LogP contribution is 2.25. The molecule has 0 unspecified atom stereocenters. The molecule has 4 heteroatoms. The molecule has 0 aliphatic heterocycles. The van der Waals surface area contributed by atoms with E-state index in [0.717, 1.165) is 23.8 Å². The van der Waals surface area contributed by atoms with Crippen molar-refractivity contribution >= 4 is 11.6 Å². The van der Waals surface area contributed by atoms with Gasteiger partial charge >= 0.3 is 0 Å². The van der Waals surface area contributed by atoms with Crippen molar-refractivity contribution < 1.29 is 4.74 Å². The first kappa shape index (κ1) is 12.9. The Labute approximate surface area is 108 Å². The Bertz CT molecular complexity index is 370. The van der Waals surface area contributed by atoms with E-state index in [2.05, 4.69) is 5.10 Å². The summed E-state index contributed by atoms with van der Waals surface area (Å²) >= 11 is 6.16. The largest absolute Gasteiger partial charge is 0.376 e. The zero-order chi connectivity index (χ0) is 12.3. The molecule has 1 saturated carbocycles. The van der Waals surface area contributed by atoms with Crippen LogP contribution in [0.1, 0.15) is 43.4 Å². The fourth-order valence-electron chi connectivity index (χ4n) is 2.52. The fraction of sp³-hybridized carbons (Fsp3) is 0.769. The van der Waals surface area contributed by atoms with Gasteiger partial charge in [0.1, 0.15) is 5.15 Å². The van der Waals surface area contributed by atoms with E-state index >= 15 is 0 Å². The summed E-state index contributed by atoms with van der Waals surface area (Å²) in [7, 11) is 1.86. The van der Waals surface area contributed by atoms with Crippen LogP contribution >= 0.6 is 11.6 Å². The SMILES string of the molecule is Cc1nn(C)c(Cl)c1COCC1CCCCC1. The Balaban J connectivity index is 1.81. The topological polar surface area (TPSA) is 27.1 Å². The minimum atomic E-state index is 0.592. The number of hydrogen-bond donors (Lipinski definition) is 0. The average Bonchev–Trinajstić information content (AvgIpc) is 2.57. The van der Waals surface area contributed by atoms with Crippen molar-refractivity contribution in [1.82, 2.24) is 9.78 Å². The lowest BCUT2D eigenvalue weighted by Crippen LogP contribution is -2.13. The summed E-state index contributed by atoms with van der Waals surface area (Å²) in [6.45, 7) is 3.44. The van der Waals surface area contributed by atoms with Gasteiger partial charge in [0, 0.05) is 19.2 Å². The summed E-state index contributed by atoms with van der Waals surface area (Å²) in [6.07, 6.45) is 6.75. The molecule has 1 aromatic heterocycles. The van der Waals surface area contributed by atoms with Crippen LogP contribution in [0, 0.1) is 12.8 Å². The van der Waals surface area contributed by atoms with Crippen molar-refractivity contribution in [2.24, 2.45) is 13.0 Å². The second kappa shape index (κ2) is 5.87. The van der Waals surface area contributed by atoms with Crippen molar-refractivity contribution in [3.63, 3.8) is 0 Å². The highest BCUT2D eigenvalue weighted by atomic mass is 35.5. The standard InChI is InChI=1S/C13H21ClN2O/c1-10-12(13(14)16(2)15-10)9-17-8-11-6-4-3-5-7-11/h11H,3-9H2,1-2H3. The zero-order valence-corrected chi connectivity index (χ0v) is 11.5. The van der Waals surface area contributed by atoms with Crippen LogP contribution in [0.3, 0.4) is 0 Å². The summed E-state index contributed by atoms with van der Waals surface area (Å²) in [5.74, 6) is 0.750. The minimum absolute atomic E-state index is 0.592. The molecule has 1 aliphatic rings. The summed E-state index contributed by atoms with van der Waals surface area (Å²) in [4.78, 5) is 0. The molecule has 1 aromatic rings. The zero-order valence-electron chi connectivity index (χ0n) is 10.7. The van der Waals surface area contributed by atoms with Gasteiger partial charge in [0.25, 0.3) is 0 Å². The van der Waals surface area contributed by atoms with Gasteiger partial charge in [-0.25, -0.2) is 0 Å². The maximum Gasteiger partial charge on any atom is 0.132 e. The van der Waals surface area contributed by atoms with E-state index in [-0.39, 0.29) is 0 Å². The smallest absolute Gasteiger partial charge is 0.132 e. The molecule has 1 fully saturated rings. The maximum atomic E-state index is 6.16. The second-order valence-electron chi connectivity index (χ2n) is 5.00. The van der Waals surface area contributed by atoms with Gasteiger partial charge in [-0.1, -0.05) is 30.9 Å². The molecule has 0 atom stereocenters. The normalized spacial score (nSPS) is 17.6. The Morgan fingerprint density at radius 3 is 2.65 bits per heavy atom. The van der Waals surface area contributed by atoms with E-state index in [9.17, 15) is 0 Å². The maximum absolute atomic E-state index is 6.16. The Kier molecular flexibility index (Phi) is 4.46. The monoisotopic (exact) mass is 256 g/mol. The first-order chi connectivity index (χ1) is 8.18. The van der Waals surface area contributed by atoms with Crippen LogP contribution in [0.15, 0.2) is 0 Å². The number of rotatable bonds is 4. The lowest BCUT2D eigenvalue weighted by molar-refractivity contribution is 0.0737. The van der Waals surface area contributed by atoms with E-state index in [1.165, 1.54) is 32.1 Å². The van der Waals surface area contributed by atoms with Gasteiger partial charge < -0.3 is 4.74 Å². The highest BCUT2D eigenvalue weighted by Gasteiger charge is 2.15. The van der Waals surface area contributed by atoms with Crippen molar-refractivity contribution in [3.8, 4) is 0 Å². The van der Waals surface area contributed by atoms with E-state index in [0.29, 0.717) is 11.8 Å². The Hall–Kier alpha value is -0.540. The fourth-order valence-corrected chi connectivity index (χ4v) is 2.75. The summed E-state index contributed by atoms with van der Waals surface area (Å²) in [5.41, 5.74) is 2.01. The number of ether oxygens (including phenoxy) is 1. The van der Waals surface area contributed by atoms with Crippen LogP contribution in [0.2, 0.25) is 5.15 Å². The number of nitrogens with zero attached hydrogens (tertiary/aromatic N) is 2. The van der Waals surface area contributed by atoms with Crippen molar-refractivity contribution in [2.75, 3.05) is 6.61 Å². The third-order valence-electron chi connectivity index (χ3n) is 3.59. The third kappa shape index (κ3) is 3.23. The highest BCUT2D eigenvalue weighted by molar-refractivity contribution is 6.30. The van der Waals surface area contributed by atoms with Crippen LogP contribution < -0.4 is 0 Å². The summed E-state index contributed by atoms with van der Waals surface area (Å²) in [6, 6.07) is 0. The molecular formula is C13H21ClN2O. The Morgan fingerprint density at radius 2 is 2.06 bits per heavy atom. The lowest BCUT2D eigenvalue weighted by atomic mass is 9.90. The molecule has 1 heterocycles. The molecule has 0 amide bonds. The van der Waals surface area contributed by atoms with E-state index < -0.39 is 0 Å². The van der Waals surface area contributed by atoms with Crippen molar-refractivity contribution in [3.05, 3.63) is 16.4 Å². The predicted molar refractivity (Wildman–Crippen MR) is 69.2 cm³/mol. The van der Waals surface area contributed by atoms with E-state index in [4.69, 9.17) is 16.3 Å². The summed E-state index contributed by atoms with van der Waals surface area (Å²) in [5, 5.41) is 4.98. The number of hydrogen-bond acceptors (Lipinski definition) is 2. The van der Waals surface area contributed by atoms with Crippen LogP contribution in [-0.4, -0.2) is 16.4 Å². The quantitative estimate of drug-likeness (QED) is 0.825. The van der Waals surface area contributed by atoms with Gasteiger partial charge in [0.05, 0.1) is 12.3 Å². The molecule has 2 rings (SSSR count). The van der Waals surface area contributed by atoms with Gasteiger partial charge in [-0.2, -0.15) is 5.10 Å². The molecule has 1 aliphatic carbocycles. The van der Waals surface area contributed by atoms with Crippen molar-refractivity contribution in [2.45, 2.75) is 45.6 Å². The number of halogens is 1.